The van der Waals surface area contributed by atoms with E-state index in [-0.39, 0.29) is 11.7 Å². The first-order valence-electron chi connectivity index (χ1n) is 7.27. The number of carbonyl (C=O) groups is 1. The van der Waals surface area contributed by atoms with Crippen molar-refractivity contribution in [3.05, 3.63) is 83.4 Å². The highest BCUT2D eigenvalue weighted by atomic mass is 19.1. The third-order valence-electron chi connectivity index (χ3n) is 3.49. The minimum absolute atomic E-state index is 0.244. The average molecular weight is 309 g/mol. The van der Waals surface area contributed by atoms with Crippen molar-refractivity contribution in [2.75, 3.05) is 0 Å². The molecular formula is C18H16FN3O. The number of nitrogens with zero attached hydrogens (tertiary/aromatic N) is 2. The maximum absolute atomic E-state index is 12.9. The molecule has 116 valence electrons. The predicted molar refractivity (Wildman–Crippen MR) is 85.9 cm³/mol. The maximum atomic E-state index is 12.9. The number of amides is 1. The van der Waals surface area contributed by atoms with Crippen LogP contribution in [0.25, 0.3) is 5.69 Å². The molecule has 1 N–H and O–H groups in total. The largest absolute Gasteiger partial charge is 0.347 e. The van der Waals surface area contributed by atoms with E-state index in [2.05, 4.69) is 10.4 Å². The van der Waals surface area contributed by atoms with Gasteiger partial charge in [0.15, 0.2) is 5.69 Å². The van der Waals surface area contributed by atoms with E-state index in [4.69, 9.17) is 0 Å². The Morgan fingerprint density at radius 2 is 1.78 bits per heavy atom. The molecule has 0 saturated carbocycles. The summed E-state index contributed by atoms with van der Waals surface area (Å²) in [6.07, 6.45) is 1.67. The number of carbonyl (C=O) groups excluding carboxylic acids is 1. The fourth-order valence-electron chi connectivity index (χ4n) is 2.16. The van der Waals surface area contributed by atoms with Crippen LogP contribution in [0.2, 0.25) is 0 Å². The molecular weight excluding hydrogens is 293 g/mol. The molecule has 3 rings (SSSR count). The van der Waals surface area contributed by atoms with Crippen molar-refractivity contribution in [3.63, 3.8) is 0 Å². The Labute approximate surface area is 133 Å². The monoisotopic (exact) mass is 309 g/mol. The molecule has 4 nitrogen and oxygen atoms in total. The number of aromatic nitrogens is 2. The van der Waals surface area contributed by atoms with Gasteiger partial charge in [0.2, 0.25) is 0 Å². The van der Waals surface area contributed by atoms with Gasteiger partial charge in [-0.2, -0.15) is 5.10 Å². The van der Waals surface area contributed by atoms with Crippen LogP contribution in [0.3, 0.4) is 0 Å². The Balaban J connectivity index is 1.66. The zero-order chi connectivity index (χ0) is 16.2. The molecule has 1 aromatic heterocycles. The van der Waals surface area contributed by atoms with Crippen LogP contribution < -0.4 is 5.32 Å². The number of aryl methyl sites for hydroxylation is 1. The van der Waals surface area contributed by atoms with Gasteiger partial charge in [0.1, 0.15) is 5.82 Å². The summed E-state index contributed by atoms with van der Waals surface area (Å²) in [5.41, 5.74) is 3.23. The van der Waals surface area contributed by atoms with Crippen LogP contribution in [0.1, 0.15) is 21.6 Å². The van der Waals surface area contributed by atoms with Gasteiger partial charge < -0.3 is 5.32 Å². The van der Waals surface area contributed by atoms with E-state index in [9.17, 15) is 9.18 Å². The highest BCUT2D eigenvalue weighted by Gasteiger charge is 2.10. The highest BCUT2D eigenvalue weighted by molar-refractivity contribution is 5.92. The quantitative estimate of drug-likeness (QED) is 0.804. The molecule has 0 atom stereocenters. The summed E-state index contributed by atoms with van der Waals surface area (Å²) in [7, 11) is 0. The van der Waals surface area contributed by atoms with E-state index < -0.39 is 0 Å². The second-order valence-electron chi connectivity index (χ2n) is 5.29. The molecule has 23 heavy (non-hydrogen) atoms. The first kappa shape index (κ1) is 15.0. The molecule has 0 aliphatic rings. The van der Waals surface area contributed by atoms with E-state index in [1.54, 1.807) is 29.1 Å². The third kappa shape index (κ3) is 3.63. The molecule has 0 aliphatic heterocycles. The SMILES string of the molecule is Cc1ccc(CNC(=O)c2ccn(-c3ccc(F)cc3)n2)cc1. The molecule has 3 aromatic rings. The number of hydrogen-bond donors (Lipinski definition) is 1. The topological polar surface area (TPSA) is 46.9 Å². The molecule has 5 heteroatoms. The summed E-state index contributed by atoms with van der Waals surface area (Å²) >= 11 is 0. The molecule has 0 radical (unpaired) electrons. The molecule has 2 aromatic carbocycles. The minimum atomic E-state index is -0.308. The van der Waals surface area contributed by atoms with Crippen molar-refractivity contribution in [3.8, 4) is 5.69 Å². The Hall–Kier alpha value is -2.95. The van der Waals surface area contributed by atoms with Crippen LogP contribution >= 0.6 is 0 Å². The van der Waals surface area contributed by atoms with Gasteiger partial charge in [-0.05, 0) is 42.8 Å². The average Bonchev–Trinajstić information content (AvgIpc) is 3.05. The van der Waals surface area contributed by atoms with Gasteiger partial charge in [-0.25, -0.2) is 9.07 Å². The van der Waals surface area contributed by atoms with Gasteiger partial charge in [-0.1, -0.05) is 29.8 Å². The van der Waals surface area contributed by atoms with E-state index in [1.807, 2.05) is 31.2 Å². The Kier molecular flexibility index (Phi) is 4.19. The maximum Gasteiger partial charge on any atom is 0.272 e. The Bertz CT molecular complexity index is 807. The van der Waals surface area contributed by atoms with Crippen LogP contribution in [0.5, 0.6) is 0 Å². The molecule has 0 fully saturated rings. The van der Waals surface area contributed by atoms with Crippen molar-refractivity contribution in [1.29, 1.82) is 0 Å². The summed E-state index contributed by atoms with van der Waals surface area (Å²) in [6.45, 7) is 2.47. The zero-order valence-electron chi connectivity index (χ0n) is 12.7. The van der Waals surface area contributed by atoms with Crippen molar-refractivity contribution >= 4 is 5.91 Å². The Morgan fingerprint density at radius 1 is 1.09 bits per heavy atom. The minimum Gasteiger partial charge on any atom is -0.347 e. The summed E-state index contributed by atoms with van der Waals surface area (Å²) in [4.78, 5) is 12.1. The van der Waals surface area contributed by atoms with Crippen molar-refractivity contribution in [1.82, 2.24) is 15.1 Å². The van der Waals surface area contributed by atoms with Crippen molar-refractivity contribution in [2.45, 2.75) is 13.5 Å². The lowest BCUT2D eigenvalue weighted by Gasteiger charge is -2.04. The number of rotatable bonds is 4. The lowest BCUT2D eigenvalue weighted by Crippen LogP contribution is -2.23. The summed E-state index contributed by atoms with van der Waals surface area (Å²) < 4.78 is 14.5. The number of benzene rings is 2. The fraction of sp³-hybridized carbons (Fsp3) is 0.111. The van der Waals surface area contributed by atoms with Gasteiger partial charge in [0.05, 0.1) is 5.69 Å². The predicted octanol–water partition coefficient (Wildman–Crippen LogP) is 3.25. The van der Waals surface area contributed by atoms with Crippen molar-refractivity contribution < 1.29 is 9.18 Å². The van der Waals surface area contributed by atoms with E-state index in [1.165, 1.54) is 17.7 Å². The van der Waals surface area contributed by atoms with Gasteiger partial charge in [0, 0.05) is 12.7 Å². The van der Waals surface area contributed by atoms with E-state index in [0.29, 0.717) is 17.9 Å². The van der Waals surface area contributed by atoms with Gasteiger partial charge in [0.25, 0.3) is 5.91 Å². The van der Waals surface area contributed by atoms with E-state index >= 15 is 0 Å². The van der Waals surface area contributed by atoms with Crippen LogP contribution in [0, 0.1) is 12.7 Å². The van der Waals surface area contributed by atoms with E-state index in [0.717, 1.165) is 5.56 Å². The molecule has 1 amide bonds. The second-order valence-corrected chi connectivity index (χ2v) is 5.29. The van der Waals surface area contributed by atoms with Crippen LogP contribution in [0.15, 0.2) is 60.8 Å². The summed E-state index contributed by atoms with van der Waals surface area (Å²) in [5.74, 6) is -0.552. The first-order valence-corrected chi connectivity index (χ1v) is 7.27. The lowest BCUT2D eigenvalue weighted by atomic mass is 10.1. The number of hydrogen-bond acceptors (Lipinski definition) is 2. The van der Waals surface area contributed by atoms with Gasteiger partial charge >= 0.3 is 0 Å². The number of halogens is 1. The first-order chi connectivity index (χ1) is 11.1. The smallest absolute Gasteiger partial charge is 0.272 e. The van der Waals surface area contributed by atoms with Crippen LogP contribution in [-0.2, 0) is 6.54 Å². The number of nitrogens with one attached hydrogen (secondary N) is 1. The third-order valence-corrected chi connectivity index (χ3v) is 3.49. The molecule has 1 heterocycles. The van der Waals surface area contributed by atoms with Crippen LogP contribution in [0.4, 0.5) is 4.39 Å². The normalized spacial score (nSPS) is 10.5. The van der Waals surface area contributed by atoms with Gasteiger partial charge in [-0.15, -0.1) is 0 Å². The zero-order valence-corrected chi connectivity index (χ0v) is 12.7. The highest BCUT2D eigenvalue weighted by Crippen LogP contribution is 2.09. The molecule has 0 saturated heterocycles. The standard InChI is InChI=1S/C18H16FN3O/c1-13-2-4-14(5-3-13)12-20-18(23)17-10-11-22(21-17)16-8-6-15(19)7-9-16/h2-11H,12H2,1H3,(H,20,23). The van der Waals surface area contributed by atoms with Crippen LogP contribution in [-0.4, -0.2) is 15.7 Å². The Morgan fingerprint density at radius 3 is 2.48 bits per heavy atom. The lowest BCUT2D eigenvalue weighted by molar-refractivity contribution is 0.0945. The molecule has 0 spiro atoms. The summed E-state index contributed by atoms with van der Waals surface area (Å²) in [5, 5.41) is 7.05. The summed E-state index contributed by atoms with van der Waals surface area (Å²) in [6, 6.07) is 15.5. The molecule has 0 aliphatic carbocycles. The second kappa shape index (κ2) is 6.44. The molecule has 0 bridgehead atoms. The van der Waals surface area contributed by atoms with Gasteiger partial charge in [-0.3, -0.25) is 4.79 Å². The fourth-order valence-corrected chi connectivity index (χ4v) is 2.16. The molecule has 0 unspecified atom stereocenters. The van der Waals surface area contributed by atoms with Crippen molar-refractivity contribution in [2.24, 2.45) is 0 Å².